The molecule has 0 unspecified atom stereocenters. The Balaban J connectivity index is 1.95. The maximum atomic E-state index is 12.5. The third-order valence-corrected chi connectivity index (χ3v) is 4.42. The van der Waals surface area contributed by atoms with Crippen LogP contribution >= 0.6 is 0 Å². The lowest BCUT2D eigenvalue weighted by atomic mass is 10.1. The zero-order valence-electron chi connectivity index (χ0n) is 18.0. The summed E-state index contributed by atoms with van der Waals surface area (Å²) in [7, 11) is 6.69. The number of alkyl halides is 3. The molecule has 0 saturated carbocycles. The molecule has 0 fully saturated rings. The Morgan fingerprint density at radius 1 is 1.16 bits per heavy atom. The Kier molecular flexibility index (Phi) is 8.77. The second-order valence-corrected chi connectivity index (χ2v) is 6.63. The lowest BCUT2D eigenvalue weighted by Crippen LogP contribution is -2.39. The molecule has 2 rings (SSSR count). The van der Waals surface area contributed by atoms with E-state index in [1.807, 2.05) is 30.1 Å². The van der Waals surface area contributed by atoms with Crippen LogP contribution in [0, 0.1) is 0 Å². The third kappa shape index (κ3) is 7.54. The Morgan fingerprint density at radius 2 is 1.90 bits per heavy atom. The lowest BCUT2D eigenvalue weighted by molar-refractivity contribution is -0.154. The van der Waals surface area contributed by atoms with Gasteiger partial charge >= 0.3 is 6.18 Å². The van der Waals surface area contributed by atoms with Gasteiger partial charge in [0.05, 0.1) is 14.2 Å². The maximum Gasteiger partial charge on any atom is 0.422 e. The van der Waals surface area contributed by atoms with Crippen molar-refractivity contribution in [2.24, 2.45) is 4.99 Å². The van der Waals surface area contributed by atoms with E-state index >= 15 is 0 Å². The molecule has 0 saturated heterocycles. The highest BCUT2D eigenvalue weighted by Gasteiger charge is 2.29. The minimum atomic E-state index is -4.43. The summed E-state index contributed by atoms with van der Waals surface area (Å²) in [6.07, 6.45) is -2.31. The molecule has 1 heterocycles. The van der Waals surface area contributed by atoms with Crippen LogP contribution in [-0.2, 0) is 13.0 Å². The van der Waals surface area contributed by atoms with E-state index in [1.165, 1.54) is 6.20 Å². The molecule has 0 spiro atoms. The summed E-state index contributed by atoms with van der Waals surface area (Å²) in [6.45, 7) is -0.523. The first-order valence-electron chi connectivity index (χ1n) is 9.53. The first kappa shape index (κ1) is 24.1. The number of hydrogen-bond donors (Lipinski definition) is 1. The van der Waals surface area contributed by atoms with E-state index in [0.29, 0.717) is 29.6 Å². The number of aromatic nitrogens is 1. The predicted octanol–water partition coefficient (Wildman–Crippen LogP) is 3.29. The summed E-state index contributed by atoms with van der Waals surface area (Å²) in [5, 5.41) is 3.13. The smallest absolute Gasteiger partial charge is 0.422 e. The number of nitrogens with one attached hydrogen (secondary N) is 1. The van der Waals surface area contributed by atoms with Crippen molar-refractivity contribution < 1.29 is 27.4 Å². The van der Waals surface area contributed by atoms with Crippen LogP contribution < -0.4 is 19.5 Å². The third-order valence-electron chi connectivity index (χ3n) is 4.42. The molecule has 0 aliphatic heterocycles. The standard InChI is InChI=1S/C21H27F3N4O3/c1-25-20(27-13-16-6-5-10-26-19(16)31-14-21(22,23)24)28(2)11-9-15-7-8-17(29-3)18(12-15)30-4/h5-8,10,12H,9,11,13-14H2,1-4H3,(H,25,27). The molecule has 1 aromatic carbocycles. The number of halogens is 3. The van der Waals surface area contributed by atoms with Gasteiger partial charge in [-0.3, -0.25) is 4.99 Å². The van der Waals surface area contributed by atoms with Crippen molar-refractivity contribution in [2.45, 2.75) is 19.1 Å². The Hall–Kier alpha value is -3.17. The van der Waals surface area contributed by atoms with Gasteiger partial charge in [-0.1, -0.05) is 12.1 Å². The second kappa shape index (κ2) is 11.3. The fourth-order valence-corrected chi connectivity index (χ4v) is 2.84. The van der Waals surface area contributed by atoms with Gasteiger partial charge in [-0.15, -0.1) is 0 Å². The zero-order chi connectivity index (χ0) is 22.9. The van der Waals surface area contributed by atoms with E-state index < -0.39 is 12.8 Å². The fraction of sp³-hybridized carbons (Fsp3) is 0.429. The fourth-order valence-electron chi connectivity index (χ4n) is 2.84. The molecule has 1 aromatic heterocycles. The topological polar surface area (TPSA) is 68.2 Å². The van der Waals surface area contributed by atoms with Gasteiger partial charge in [0, 0.05) is 38.9 Å². The van der Waals surface area contributed by atoms with Crippen LogP contribution in [-0.4, -0.2) is 63.5 Å². The highest BCUT2D eigenvalue weighted by Crippen LogP contribution is 2.27. The van der Waals surface area contributed by atoms with Gasteiger partial charge in [-0.25, -0.2) is 4.98 Å². The van der Waals surface area contributed by atoms with Crippen LogP contribution in [0.4, 0.5) is 13.2 Å². The molecule has 0 aliphatic carbocycles. The average molecular weight is 440 g/mol. The maximum absolute atomic E-state index is 12.5. The zero-order valence-corrected chi connectivity index (χ0v) is 18.0. The van der Waals surface area contributed by atoms with E-state index in [1.54, 1.807) is 33.4 Å². The monoisotopic (exact) mass is 440 g/mol. The largest absolute Gasteiger partial charge is 0.493 e. The number of guanidine groups is 1. The van der Waals surface area contributed by atoms with Crippen LogP contribution in [0.25, 0.3) is 0 Å². The summed E-state index contributed by atoms with van der Waals surface area (Å²) in [6, 6.07) is 9.03. The molecule has 1 N–H and O–H groups in total. The summed E-state index contributed by atoms with van der Waals surface area (Å²) in [4.78, 5) is 10.1. The molecule has 170 valence electrons. The Morgan fingerprint density at radius 3 is 2.55 bits per heavy atom. The van der Waals surface area contributed by atoms with E-state index in [4.69, 9.17) is 14.2 Å². The van der Waals surface area contributed by atoms with Gasteiger partial charge < -0.3 is 24.4 Å². The summed E-state index contributed by atoms with van der Waals surface area (Å²) in [5.41, 5.74) is 1.57. The number of rotatable bonds is 9. The number of hydrogen-bond acceptors (Lipinski definition) is 5. The van der Waals surface area contributed by atoms with Gasteiger partial charge in [0.15, 0.2) is 24.1 Å². The lowest BCUT2D eigenvalue weighted by Gasteiger charge is -2.22. The van der Waals surface area contributed by atoms with Gasteiger partial charge in [-0.2, -0.15) is 13.2 Å². The van der Waals surface area contributed by atoms with Crippen LogP contribution in [0.5, 0.6) is 17.4 Å². The first-order chi connectivity index (χ1) is 14.8. The quantitative estimate of drug-likeness (QED) is 0.477. The molecule has 0 aliphatic rings. The minimum Gasteiger partial charge on any atom is -0.493 e. The van der Waals surface area contributed by atoms with Crippen LogP contribution in [0.1, 0.15) is 11.1 Å². The minimum absolute atomic E-state index is 0.0595. The van der Waals surface area contributed by atoms with Crippen molar-refractivity contribution >= 4 is 5.96 Å². The number of nitrogens with zero attached hydrogens (tertiary/aromatic N) is 3. The molecular formula is C21H27F3N4O3. The number of pyridine rings is 1. The van der Waals surface area contributed by atoms with Crippen LogP contribution in [0.15, 0.2) is 41.5 Å². The highest BCUT2D eigenvalue weighted by molar-refractivity contribution is 5.79. The van der Waals surface area contributed by atoms with Crippen molar-refractivity contribution in [1.29, 1.82) is 0 Å². The summed E-state index contributed by atoms with van der Waals surface area (Å²) < 4.78 is 52.8. The van der Waals surface area contributed by atoms with Gasteiger partial charge in [0.2, 0.25) is 5.88 Å². The number of aliphatic imine (C=N–C) groups is 1. The average Bonchev–Trinajstić information content (AvgIpc) is 2.76. The van der Waals surface area contributed by atoms with Crippen molar-refractivity contribution in [3.63, 3.8) is 0 Å². The summed E-state index contributed by atoms with van der Waals surface area (Å²) >= 11 is 0. The number of benzene rings is 1. The Bertz CT molecular complexity index is 875. The molecule has 0 amide bonds. The van der Waals surface area contributed by atoms with E-state index in [-0.39, 0.29) is 12.4 Å². The highest BCUT2D eigenvalue weighted by atomic mass is 19.4. The molecule has 2 aromatic rings. The number of ether oxygens (including phenoxy) is 3. The molecule has 7 nitrogen and oxygen atoms in total. The molecule has 0 bridgehead atoms. The first-order valence-corrected chi connectivity index (χ1v) is 9.53. The van der Waals surface area contributed by atoms with Crippen molar-refractivity contribution in [3.05, 3.63) is 47.7 Å². The second-order valence-electron chi connectivity index (χ2n) is 6.63. The predicted molar refractivity (Wildman–Crippen MR) is 112 cm³/mol. The van der Waals surface area contributed by atoms with Crippen molar-refractivity contribution in [1.82, 2.24) is 15.2 Å². The van der Waals surface area contributed by atoms with Gasteiger partial charge in [-0.05, 0) is 30.2 Å². The van der Waals surface area contributed by atoms with E-state index in [9.17, 15) is 13.2 Å². The normalized spacial score (nSPS) is 11.8. The number of methoxy groups -OCH3 is 2. The van der Waals surface area contributed by atoms with E-state index in [0.717, 1.165) is 12.0 Å². The summed E-state index contributed by atoms with van der Waals surface area (Å²) in [5.74, 6) is 1.85. The molecule has 10 heteroatoms. The van der Waals surface area contributed by atoms with Gasteiger partial charge in [0.1, 0.15) is 0 Å². The van der Waals surface area contributed by atoms with Gasteiger partial charge in [0.25, 0.3) is 0 Å². The molecule has 31 heavy (non-hydrogen) atoms. The Labute approximate surface area is 179 Å². The molecule has 0 atom stereocenters. The van der Waals surface area contributed by atoms with Crippen LogP contribution in [0.3, 0.4) is 0 Å². The van der Waals surface area contributed by atoms with Crippen molar-refractivity contribution in [3.8, 4) is 17.4 Å². The molecule has 0 radical (unpaired) electrons. The SMILES string of the molecule is CN=C(NCc1cccnc1OCC(F)(F)F)N(C)CCc1ccc(OC)c(OC)c1. The number of likely N-dealkylation sites (N-methyl/N-ethyl adjacent to an activating group) is 1. The molecular weight excluding hydrogens is 413 g/mol. The van der Waals surface area contributed by atoms with Crippen molar-refractivity contribution in [2.75, 3.05) is 41.5 Å². The van der Waals surface area contributed by atoms with E-state index in [2.05, 4.69) is 15.3 Å². The van der Waals surface area contributed by atoms with Crippen LogP contribution in [0.2, 0.25) is 0 Å².